The van der Waals surface area contributed by atoms with E-state index < -0.39 is 46.9 Å². The Morgan fingerprint density at radius 3 is 2.76 bits per heavy atom. The normalized spacial score (nSPS) is 33.7. The molecule has 4 aliphatic rings. The largest absolute Gasteiger partial charge is 0.504 e. The summed E-state index contributed by atoms with van der Waals surface area (Å²) < 4.78 is 45.6. The van der Waals surface area contributed by atoms with Gasteiger partial charge in [0.05, 0.1) is 28.7 Å². The number of β-amino-alcohol motifs (C(OH)–C–C–N with tert-alkyl or cyclic N) is 1. The lowest BCUT2D eigenvalue weighted by Crippen LogP contribution is -2.82. The third-order valence-electron chi connectivity index (χ3n) is 9.18. The highest BCUT2D eigenvalue weighted by Crippen LogP contribution is 2.65. The molecule has 2 aromatic carbocycles. The van der Waals surface area contributed by atoms with Gasteiger partial charge in [-0.2, -0.15) is 13.2 Å². The van der Waals surface area contributed by atoms with Gasteiger partial charge in [-0.05, 0) is 61.7 Å². The topological polar surface area (TPSA) is 93.5 Å². The Kier molecular flexibility index (Phi) is 5.45. The van der Waals surface area contributed by atoms with E-state index in [0.717, 1.165) is 17.7 Å². The lowest BCUT2D eigenvalue weighted by atomic mass is 9.47. The number of likely N-dealkylation sites (tertiary alicyclic amines) is 1. The minimum Gasteiger partial charge on any atom is -0.504 e. The van der Waals surface area contributed by atoms with Crippen LogP contribution in [0.1, 0.15) is 35.1 Å². The number of piperidine rings is 1. The van der Waals surface area contributed by atoms with E-state index in [1.807, 2.05) is 11.9 Å². The SMILES string of the molecule is CN(C(=O)/C=C/c1cccc(C(F)(F)F)c1)C1CC[C@@]2(O)[C@H]3Cc4ccc(O)c5c4[C@@]2(C(O)CN3C)C1O5. The van der Waals surface area contributed by atoms with Gasteiger partial charge in [-0.1, -0.05) is 18.2 Å². The minimum absolute atomic E-state index is 0.0865. The molecular formula is C28H29F3N2O5. The Morgan fingerprint density at radius 2 is 2.03 bits per heavy atom. The average molecular weight is 531 g/mol. The molecule has 2 bridgehead atoms. The van der Waals surface area contributed by atoms with Crippen molar-refractivity contribution in [2.75, 3.05) is 20.6 Å². The molecule has 6 atom stereocenters. The van der Waals surface area contributed by atoms with E-state index in [1.165, 1.54) is 29.2 Å². The summed E-state index contributed by atoms with van der Waals surface area (Å²) in [5, 5.41) is 34.5. The van der Waals surface area contributed by atoms with Crippen LogP contribution in [0.15, 0.2) is 42.5 Å². The summed E-state index contributed by atoms with van der Waals surface area (Å²) in [7, 11) is 3.45. The Bertz CT molecular complexity index is 1350. The molecule has 2 fully saturated rings. The van der Waals surface area contributed by atoms with Gasteiger partial charge in [0.1, 0.15) is 6.10 Å². The number of alkyl halides is 3. The van der Waals surface area contributed by atoms with Crippen LogP contribution in [-0.4, -0.2) is 81.6 Å². The van der Waals surface area contributed by atoms with Crippen LogP contribution in [0, 0.1) is 0 Å². The van der Waals surface area contributed by atoms with Crippen LogP contribution in [0.3, 0.4) is 0 Å². The summed E-state index contributed by atoms with van der Waals surface area (Å²) in [6.45, 7) is 0.293. The molecule has 3 N–H and O–H groups in total. The number of nitrogens with zero attached hydrogens (tertiary/aromatic N) is 2. The number of aliphatic hydroxyl groups excluding tert-OH is 1. The van der Waals surface area contributed by atoms with Gasteiger partial charge in [-0.3, -0.25) is 9.69 Å². The van der Waals surface area contributed by atoms with E-state index >= 15 is 0 Å². The second-order valence-electron chi connectivity index (χ2n) is 11.0. The molecule has 2 aliphatic heterocycles. The van der Waals surface area contributed by atoms with E-state index in [-0.39, 0.29) is 23.1 Å². The fraction of sp³-hybridized carbons (Fsp3) is 0.464. The molecular weight excluding hydrogens is 501 g/mol. The van der Waals surface area contributed by atoms with Crippen LogP contribution < -0.4 is 4.74 Å². The second-order valence-corrected chi connectivity index (χ2v) is 11.0. The van der Waals surface area contributed by atoms with Crippen molar-refractivity contribution in [2.45, 2.75) is 60.7 Å². The van der Waals surface area contributed by atoms with Crippen LogP contribution >= 0.6 is 0 Å². The van der Waals surface area contributed by atoms with Gasteiger partial charge in [-0.25, -0.2) is 0 Å². The Labute approximate surface area is 217 Å². The molecule has 6 rings (SSSR count). The first-order valence-corrected chi connectivity index (χ1v) is 12.6. The van der Waals surface area contributed by atoms with Crippen LogP contribution in [-0.2, 0) is 22.8 Å². The number of carbonyl (C=O) groups is 1. The monoisotopic (exact) mass is 530 g/mol. The van der Waals surface area contributed by atoms with Gasteiger partial charge < -0.3 is 25.0 Å². The molecule has 7 nitrogen and oxygen atoms in total. The lowest BCUT2D eigenvalue weighted by molar-refractivity contribution is -0.232. The number of phenolic OH excluding ortho intramolecular Hbond substituents is 1. The number of aromatic hydroxyl groups is 1. The van der Waals surface area contributed by atoms with Crippen molar-refractivity contribution in [3.8, 4) is 11.5 Å². The van der Waals surface area contributed by atoms with Crippen molar-refractivity contribution in [1.82, 2.24) is 9.80 Å². The molecule has 202 valence electrons. The number of benzene rings is 2. The molecule has 1 saturated carbocycles. The summed E-state index contributed by atoms with van der Waals surface area (Å²) in [6, 6.07) is 7.22. The fourth-order valence-corrected chi connectivity index (χ4v) is 7.48. The Balaban J connectivity index is 1.36. The molecule has 3 unspecified atom stereocenters. The van der Waals surface area contributed by atoms with Crippen molar-refractivity contribution in [3.63, 3.8) is 0 Å². The third kappa shape index (κ3) is 3.23. The summed E-state index contributed by atoms with van der Waals surface area (Å²) >= 11 is 0. The van der Waals surface area contributed by atoms with Crippen molar-refractivity contribution in [1.29, 1.82) is 0 Å². The van der Waals surface area contributed by atoms with Gasteiger partial charge in [0.25, 0.3) is 0 Å². The van der Waals surface area contributed by atoms with E-state index in [4.69, 9.17) is 4.74 Å². The maximum Gasteiger partial charge on any atom is 0.416 e. The third-order valence-corrected chi connectivity index (χ3v) is 9.18. The first-order chi connectivity index (χ1) is 17.9. The molecule has 2 heterocycles. The fourth-order valence-electron chi connectivity index (χ4n) is 7.48. The van der Waals surface area contributed by atoms with Crippen LogP contribution in [0.2, 0.25) is 0 Å². The number of amides is 1. The molecule has 1 saturated heterocycles. The highest BCUT2D eigenvalue weighted by molar-refractivity contribution is 5.92. The standard InChI is InChI=1S/C28H29F3N2O5/c1-32-14-21(35)27-23-16-7-8-19(34)24(23)38-25(27)18(10-11-26(27,37)20(32)13-16)33(2)22(36)9-6-15-4-3-5-17(12-15)28(29,30)31/h3-9,12,18,20-21,25,34-35,37H,10-11,13-14H2,1-2H3/b9-6+/t18?,20-,21?,25?,26-,27+/m1/s1. The number of hydrogen-bond acceptors (Lipinski definition) is 6. The van der Waals surface area contributed by atoms with Crippen molar-refractivity contribution < 1.29 is 38.0 Å². The number of hydrogen-bond donors (Lipinski definition) is 3. The quantitative estimate of drug-likeness (QED) is 0.529. The highest BCUT2D eigenvalue weighted by Gasteiger charge is 2.76. The zero-order chi connectivity index (χ0) is 27.2. The maximum absolute atomic E-state index is 13.3. The van der Waals surface area contributed by atoms with Crippen LogP contribution in [0.5, 0.6) is 11.5 Å². The van der Waals surface area contributed by atoms with E-state index in [9.17, 15) is 33.3 Å². The number of likely N-dealkylation sites (N-methyl/N-ethyl adjacent to an activating group) is 2. The summed E-state index contributed by atoms with van der Waals surface area (Å²) in [4.78, 5) is 16.7. The summed E-state index contributed by atoms with van der Waals surface area (Å²) in [5.41, 5.74) is -1.65. The maximum atomic E-state index is 13.3. The number of ether oxygens (including phenoxy) is 1. The summed E-state index contributed by atoms with van der Waals surface area (Å²) in [6.07, 6.45) is -2.57. The summed E-state index contributed by atoms with van der Waals surface area (Å²) in [5.74, 6) is -0.301. The smallest absolute Gasteiger partial charge is 0.416 e. The zero-order valence-corrected chi connectivity index (χ0v) is 20.9. The van der Waals surface area contributed by atoms with Gasteiger partial charge >= 0.3 is 6.18 Å². The number of phenols is 1. The van der Waals surface area contributed by atoms with E-state index in [1.54, 1.807) is 19.2 Å². The molecule has 0 aromatic heterocycles. The van der Waals surface area contributed by atoms with Gasteiger partial charge in [-0.15, -0.1) is 0 Å². The molecule has 0 radical (unpaired) electrons. The van der Waals surface area contributed by atoms with Crippen LogP contribution in [0.4, 0.5) is 13.2 Å². The minimum atomic E-state index is -4.49. The van der Waals surface area contributed by atoms with Gasteiger partial charge in [0, 0.05) is 31.3 Å². The zero-order valence-electron chi connectivity index (χ0n) is 20.9. The number of halogens is 3. The van der Waals surface area contributed by atoms with E-state index in [0.29, 0.717) is 31.4 Å². The first kappa shape index (κ1) is 25.2. The second kappa shape index (κ2) is 8.21. The molecule has 38 heavy (non-hydrogen) atoms. The van der Waals surface area contributed by atoms with Crippen molar-refractivity contribution in [3.05, 3.63) is 64.7 Å². The Hall–Kier alpha value is -3.08. The van der Waals surface area contributed by atoms with Gasteiger partial charge in [0.15, 0.2) is 11.5 Å². The van der Waals surface area contributed by atoms with E-state index in [2.05, 4.69) is 0 Å². The lowest BCUT2D eigenvalue weighted by Gasteiger charge is -2.65. The highest BCUT2D eigenvalue weighted by atomic mass is 19.4. The Morgan fingerprint density at radius 1 is 1.26 bits per heavy atom. The van der Waals surface area contributed by atoms with Crippen molar-refractivity contribution in [2.24, 2.45) is 0 Å². The molecule has 1 amide bonds. The number of rotatable bonds is 3. The number of carbonyl (C=O) groups excluding carboxylic acids is 1. The molecule has 2 aliphatic carbocycles. The predicted molar refractivity (Wildman–Crippen MR) is 132 cm³/mol. The number of aliphatic hydroxyl groups is 2. The molecule has 1 spiro atoms. The van der Waals surface area contributed by atoms with Crippen molar-refractivity contribution >= 4 is 12.0 Å². The molecule has 2 aromatic rings. The van der Waals surface area contributed by atoms with Crippen LogP contribution in [0.25, 0.3) is 6.08 Å². The molecule has 10 heteroatoms. The average Bonchev–Trinajstić information content (AvgIpc) is 3.24. The van der Waals surface area contributed by atoms with Gasteiger partial charge in [0.2, 0.25) is 5.91 Å². The first-order valence-electron chi connectivity index (χ1n) is 12.6. The predicted octanol–water partition coefficient (Wildman–Crippen LogP) is 2.71.